The minimum Gasteiger partial charge on any atom is -0.444 e. The number of amides is 1. The van der Waals surface area contributed by atoms with E-state index in [1.807, 2.05) is 27.7 Å². The summed E-state index contributed by atoms with van der Waals surface area (Å²) < 4.78 is 5.36. The SMILES string of the molecule is Cc1nc(CN)c2c(n1)CN(C(=O)OC(C)(C)C)C2. The highest BCUT2D eigenvalue weighted by molar-refractivity contribution is 5.69. The second-order valence-electron chi connectivity index (χ2n) is 5.68. The Bertz CT molecular complexity index is 508. The predicted molar refractivity (Wildman–Crippen MR) is 70.1 cm³/mol. The van der Waals surface area contributed by atoms with Crippen molar-refractivity contribution in [2.24, 2.45) is 5.73 Å². The molecule has 0 bridgehead atoms. The first-order valence-electron chi connectivity index (χ1n) is 6.33. The Labute approximate surface area is 113 Å². The van der Waals surface area contributed by atoms with Crippen LogP contribution >= 0.6 is 0 Å². The van der Waals surface area contributed by atoms with E-state index in [9.17, 15) is 4.79 Å². The average Bonchev–Trinajstić information content (AvgIpc) is 2.69. The van der Waals surface area contributed by atoms with Crippen molar-refractivity contribution in [3.05, 3.63) is 22.8 Å². The fraction of sp³-hybridized carbons (Fsp3) is 0.615. The number of carbonyl (C=O) groups is 1. The largest absolute Gasteiger partial charge is 0.444 e. The van der Waals surface area contributed by atoms with Gasteiger partial charge in [-0.05, 0) is 27.7 Å². The van der Waals surface area contributed by atoms with Crippen LogP contribution in [0.4, 0.5) is 4.79 Å². The third-order valence-corrected chi connectivity index (χ3v) is 2.82. The number of rotatable bonds is 1. The van der Waals surface area contributed by atoms with Gasteiger partial charge in [0.2, 0.25) is 0 Å². The van der Waals surface area contributed by atoms with Crippen LogP contribution in [0.3, 0.4) is 0 Å². The van der Waals surface area contributed by atoms with Gasteiger partial charge < -0.3 is 10.5 Å². The van der Waals surface area contributed by atoms with Crippen molar-refractivity contribution in [1.29, 1.82) is 0 Å². The third-order valence-electron chi connectivity index (χ3n) is 2.82. The Balaban J connectivity index is 2.18. The molecule has 0 atom stereocenters. The van der Waals surface area contributed by atoms with Crippen molar-refractivity contribution in [1.82, 2.24) is 14.9 Å². The molecule has 0 saturated carbocycles. The van der Waals surface area contributed by atoms with Crippen molar-refractivity contribution < 1.29 is 9.53 Å². The molecule has 0 radical (unpaired) electrons. The molecule has 2 heterocycles. The van der Waals surface area contributed by atoms with Gasteiger partial charge in [-0.1, -0.05) is 0 Å². The molecular weight excluding hydrogens is 244 g/mol. The van der Waals surface area contributed by atoms with Crippen molar-refractivity contribution in [3.63, 3.8) is 0 Å². The van der Waals surface area contributed by atoms with Gasteiger partial charge >= 0.3 is 6.09 Å². The van der Waals surface area contributed by atoms with Crippen LogP contribution in [0, 0.1) is 6.92 Å². The molecule has 1 aromatic rings. The van der Waals surface area contributed by atoms with Gasteiger partial charge in [0.15, 0.2) is 0 Å². The second-order valence-corrected chi connectivity index (χ2v) is 5.68. The minimum atomic E-state index is -0.496. The number of nitrogens with zero attached hydrogens (tertiary/aromatic N) is 3. The van der Waals surface area contributed by atoms with Gasteiger partial charge in [-0.25, -0.2) is 14.8 Å². The van der Waals surface area contributed by atoms with Crippen LogP contribution in [0.25, 0.3) is 0 Å². The van der Waals surface area contributed by atoms with Crippen LogP contribution in [0.2, 0.25) is 0 Å². The number of hydrogen-bond donors (Lipinski definition) is 1. The van der Waals surface area contributed by atoms with E-state index in [-0.39, 0.29) is 6.09 Å². The lowest BCUT2D eigenvalue weighted by atomic mass is 10.2. The molecule has 2 rings (SSSR count). The number of hydrogen-bond acceptors (Lipinski definition) is 5. The molecule has 0 saturated heterocycles. The molecule has 6 nitrogen and oxygen atoms in total. The number of nitrogens with two attached hydrogens (primary N) is 1. The molecule has 6 heteroatoms. The first-order valence-corrected chi connectivity index (χ1v) is 6.33. The Morgan fingerprint density at radius 3 is 2.63 bits per heavy atom. The topological polar surface area (TPSA) is 81.3 Å². The van der Waals surface area contributed by atoms with E-state index in [0.29, 0.717) is 25.5 Å². The Kier molecular flexibility index (Phi) is 3.45. The van der Waals surface area contributed by atoms with Gasteiger partial charge in [0.1, 0.15) is 11.4 Å². The zero-order valence-corrected chi connectivity index (χ0v) is 11.9. The van der Waals surface area contributed by atoms with E-state index >= 15 is 0 Å². The Morgan fingerprint density at radius 2 is 2.05 bits per heavy atom. The molecule has 19 heavy (non-hydrogen) atoms. The summed E-state index contributed by atoms with van der Waals surface area (Å²) in [6.07, 6.45) is -0.328. The standard InChI is InChI=1S/C13H20N4O2/c1-8-15-10(5-14)9-6-17(7-11(9)16-8)12(18)19-13(2,3)4/h5-7,14H2,1-4H3. The maximum absolute atomic E-state index is 12.0. The van der Waals surface area contributed by atoms with Crippen molar-refractivity contribution in [3.8, 4) is 0 Å². The first-order chi connectivity index (χ1) is 8.80. The van der Waals surface area contributed by atoms with Gasteiger partial charge in [0.05, 0.1) is 24.5 Å². The lowest BCUT2D eigenvalue weighted by molar-refractivity contribution is 0.0240. The maximum Gasteiger partial charge on any atom is 0.410 e. The van der Waals surface area contributed by atoms with Crippen LogP contribution in [0.5, 0.6) is 0 Å². The molecule has 0 aliphatic carbocycles. The number of aryl methyl sites for hydroxylation is 1. The number of carbonyl (C=O) groups excluding carboxylic acids is 1. The summed E-state index contributed by atoms with van der Waals surface area (Å²) in [7, 11) is 0. The van der Waals surface area contributed by atoms with Crippen LogP contribution in [0.15, 0.2) is 0 Å². The van der Waals surface area contributed by atoms with E-state index in [1.54, 1.807) is 4.90 Å². The fourth-order valence-electron chi connectivity index (χ4n) is 2.08. The highest BCUT2D eigenvalue weighted by atomic mass is 16.6. The summed E-state index contributed by atoms with van der Waals surface area (Å²) in [6, 6.07) is 0. The summed E-state index contributed by atoms with van der Waals surface area (Å²) in [5.74, 6) is 0.685. The molecule has 0 unspecified atom stereocenters. The lowest BCUT2D eigenvalue weighted by Crippen LogP contribution is -2.33. The monoisotopic (exact) mass is 264 g/mol. The molecule has 2 N–H and O–H groups in total. The van der Waals surface area contributed by atoms with Crippen molar-refractivity contribution in [2.75, 3.05) is 0 Å². The molecule has 0 fully saturated rings. The van der Waals surface area contributed by atoms with Crippen LogP contribution in [-0.4, -0.2) is 26.6 Å². The average molecular weight is 264 g/mol. The number of ether oxygens (including phenoxy) is 1. The Hall–Kier alpha value is -1.69. The van der Waals surface area contributed by atoms with E-state index in [2.05, 4.69) is 9.97 Å². The second kappa shape index (κ2) is 4.77. The quantitative estimate of drug-likeness (QED) is 0.831. The zero-order chi connectivity index (χ0) is 14.2. The predicted octanol–water partition coefficient (Wildman–Crippen LogP) is 1.49. The van der Waals surface area contributed by atoms with E-state index in [0.717, 1.165) is 17.0 Å². The molecule has 1 aliphatic rings. The highest BCUT2D eigenvalue weighted by Crippen LogP contribution is 2.25. The van der Waals surface area contributed by atoms with E-state index in [1.165, 1.54) is 0 Å². The molecule has 1 aromatic heterocycles. The van der Waals surface area contributed by atoms with Gasteiger partial charge in [0, 0.05) is 12.1 Å². The summed E-state index contributed by atoms with van der Waals surface area (Å²) in [5.41, 5.74) is 7.84. The molecule has 104 valence electrons. The van der Waals surface area contributed by atoms with E-state index in [4.69, 9.17) is 10.5 Å². The molecule has 1 aliphatic heterocycles. The van der Waals surface area contributed by atoms with E-state index < -0.39 is 5.60 Å². The third kappa shape index (κ3) is 3.01. The summed E-state index contributed by atoms with van der Waals surface area (Å²) in [5, 5.41) is 0. The van der Waals surface area contributed by atoms with Crippen LogP contribution in [-0.2, 0) is 24.4 Å². The highest BCUT2D eigenvalue weighted by Gasteiger charge is 2.30. The van der Waals surface area contributed by atoms with Crippen LogP contribution in [0.1, 0.15) is 43.5 Å². The fourth-order valence-corrected chi connectivity index (χ4v) is 2.08. The lowest BCUT2D eigenvalue weighted by Gasteiger charge is -2.24. The number of fused-ring (bicyclic) bond motifs is 1. The molecule has 0 aromatic carbocycles. The summed E-state index contributed by atoms with van der Waals surface area (Å²) >= 11 is 0. The minimum absolute atomic E-state index is 0.328. The van der Waals surface area contributed by atoms with Crippen LogP contribution < -0.4 is 5.73 Å². The van der Waals surface area contributed by atoms with Gasteiger partial charge in [0.25, 0.3) is 0 Å². The zero-order valence-electron chi connectivity index (χ0n) is 11.9. The maximum atomic E-state index is 12.0. The molecule has 1 amide bonds. The van der Waals surface area contributed by atoms with Gasteiger partial charge in [-0.2, -0.15) is 0 Å². The summed E-state index contributed by atoms with van der Waals surface area (Å²) in [6.45, 7) is 8.66. The molecule has 0 spiro atoms. The van der Waals surface area contributed by atoms with Crippen molar-refractivity contribution in [2.45, 2.75) is 52.9 Å². The normalized spacial score (nSPS) is 14.5. The number of aromatic nitrogens is 2. The van der Waals surface area contributed by atoms with Gasteiger partial charge in [-0.3, -0.25) is 4.90 Å². The first kappa shape index (κ1) is 13.7. The Morgan fingerprint density at radius 1 is 1.37 bits per heavy atom. The molecular formula is C13H20N4O2. The van der Waals surface area contributed by atoms with Gasteiger partial charge in [-0.15, -0.1) is 0 Å². The van der Waals surface area contributed by atoms with Crippen molar-refractivity contribution >= 4 is 6.09 Å². The summed E-state index contributed by atoms with van der Waals surface area (Å²) in [4.78, 5) is 22.4. The smallest absolute Gasteiger partial charge is 0.410 e.